The van der Waals surface area contributed by atoms with Crippen LogP contribution in [0, 0.1) is 0 Å². The molecule has 0 aliphatic carbocycles. The Hall–Kier alpha value is 0.0100. The predicted octanol–water partition coefficient (Wildman–Crippen LogP) is 5.17. The molecule has 0 aliphatic heterocycles. The third-order valence-corrected chi connectivity index (χ3v) is 6.02. The van der Waals surface area contributed by atoms with Crippen LogP contribution < -0.4 is 34.7 Å². The van der Waals surface area contributed by atoms with Crippen LogP contribution >= 0.6 is 0 Å². The van der Waals surface area contributed by atoms with E-state index in [1.54, 1.807) is 6.08 Å². The van der Waals surface area contributed by atoms with Crippen molar-refractivity contribution in [2.24, 2.45) is 0 Å². The molecular weight excluding hydrogens is 395 g/mol. The topological polar surface area (TPSA) is 60.4 Å². The molecule has 0 fully saturated rings. The second-order valence-electron chi connectivity index (χ2n) is 9.07. The Bertz CT molecular complexity index is 396. The van der Waals surface area contributed by atoms with Crippen LogP contribution in [0.25, 0.3) is 0 Å². The van der Waals surface area contributed by atoms with Crippen LogP contribution in [0.4, 0.5) is 0 Å². The Kier molecular flexibility index (Phi) is 30.0. The summed E-state index contributed by atoms with van der Waals surface area (Å²) in [5.41, 5.74) is 0. The molecule has 0 rings (SSSR count). The number of rotatable bonds is 24. The Morgan fingerprint density at radius 2 is 0.935 bits per heavy atom. The maximum atomic E-state index is 10.3. The molecular formula is C27H51NaO3. The minimum atomic E-state index is -1.10. The van der Waals surface area contributed by atoms with Crippen LogP contribution in [-0.4, -0.2) is 11.1 Å². The number of aliphatic hydroxyl groups is 1. The van der Waals surface area contributed by atoms with E-state index < -0.39 is 5.97 Å². The van der Waals surface area contributed by atoms with E-state index in [0.29, 0.717) is 0 Å². The van der Waals surface area contributed by atoms with Gasteiger partial charge in [0.1, 0.15) is 0 Å². The number of carboxylic acid groups (broad SMARTS) is 1. The maximum Gasteiger partial charge on any atom is 1.00 e. The first-order valence-corrected chi connectivity index (χ1v) is 13.2. The smallest absolute Gasteiger partial charge is 0.550 e. The van der Waals surface area contributed by atoms with Crippen LogP contribution in [0.5, 0.6) is 0 Å². The SMILES string of the molecule is CCCCCCCCCCCCCCCCCCCCCCC=C(O)CCC(=O)[O-].[Na+]. The Balaban J connectivity index is 0. The molecule has 0 bridgehead atoms. The van der Waals surface area contributed by atoms with Crippen molar-refractivity contribution in [1.29, 1.82) is 0 Å². The summed E-state index contributed by atoms with van der Waals surface area (Å²) in [5.74, 6) is -0.911. The molecule has 178 valence electrons. The molecule has 0 saturated heterocycles. The molecule has 0 heterocycles. The van der Waals surface area contributed by atoms with Gasteiger partial charge in [-0.05, 0) is 25.3 Å². The van der Waals surface area contributed by atoms with Gasteiger partial charge in [0.25, 0.3) is 0 Å². The summed E-state index contributed by atoms with van der Waals surface area (Å²) in [6.45, 7) is 2.28. The molecule has 0 aromatic heterocycles. The van der Waals surface area contributed by atoms with Gasteiger partial charge in [-0.2, -0.15) is 0 Å². The molecule has 0 unspecified atom stereocenters. The van der Waals surface area contributed by atoms with Gasteiger partial charge in [0.15, 0.2) is 0 Å². The second kappa shape index (κ2) is 28.0. The average Bonchev–Trinajstić information content (AvgIpc) is 2.73. The van der Waals surface area contributed by atoms with Gasteiger partial charge in [-0.15, -0.1) is 0 Å². The van der Waals surface area contributed by atoms with E-state index in [-0.39, 0.29) is 48.2 Å². The third kappa shape index (κ3) is 30.0. The fourth-order valence-electron chi connectivity index (χ4n) is 4.00. The number of aliphatic hydroxyl groups excluding tert-OH is 1. The molecule has 0 aromatic carbocycles. The number of hydrogen-bond donors (Lipinski definition) is 1. The number of carbonyl (C=O) groups excluding carboxylic acids is 1. The van der Waals surface area contributed by atoms with Crippen molar-refractivity contribution in [3.05, 3.63) is 11.8 Å². The number of aliphatic carboxylic acids is 1. The largest absolute Gasteiger partial charge is 1.00 e. The molecule has 0 saturated carbocycles. The fraction of sp³-hybridized carbons (Fsp3) is 0.889. The zero-order chi connectivity index (χ0) is 22.1. The minimum absolute atomic E-state index is 0. The summed E-state index contributed by atoms with van der Waals surface area (Å²) in [4.78, 5) is 10.3. The molecule has 0 aromatic rings. The second-order valence-corrected chi connectivity index (χ2v) is 9.07. The molecule has 0 amide bonds. The predicted molar refractivity (Wildman–Crippen MR) is 128 cm³/mol. The molecule has 1 N–H and O–H groups in total. The molecule has 4 heteroatoms. The van der Waals surface area contributed by atoms with E-state index in [0.717, 1.165) is 12.8 Å². The molecule has 0 radical (unpaired) electrons. The minimum Gasteiger partial charge on any atom is -0.550 e. The van der Waals surface area contributed by atoms with E-state index in [4.69, 9.17) is 0 Å². The van der Waals surface area contributed by atoms with Gasteiger partial charge >= 0.3 is 29.6 Å². The maximum absolute atomic E-state index is 10.3. The normalized spacial score (nSPS) is 11.5. The Morgan fingerprint density at radius 1 is 0.613 bits per heavy atom. The van der Waals surface area contributed by atoms with E-state index in [9.17, 15) is 15.0 Å². The number of carboxylic acids is 1. The summed E-state index contributed by atoms with van der Waals surface area (Å²) >= 11 is 0. The summed E-state index contributed by atoms with van der Waals surface area (Å²) in [6.07, 6.45) is 30.3. The van der Waals surface area contributed by atoms with Crippen LogP contribution in [0.15, 0.2) is 11.8 Å². The monoisotopic (exact) mass is 446 g/mol. The zero-order valence-electron chi connectivity index (χ0n) is 21.1. The third-order valence-electron chi connectivity index (χ3n) is 6.02. The zero-order valence-corrected chi connectivity index (χ0v) is 23.1. The van der Waals surface area contributed by atoms with Gasteiger partial charge in [-0.1, -0.05) is 129 Å². The van der Waals surface area contributed by atoms with Gasteiger partial charge in [0.2, 0.25) is 0 Å². The van der Waals surface area contributed by atoms with Crippen molar-refractivity contribution in [3.8, 4) is 0 Å². The van der Waals surface area contributed by atoms with E-state index in [1.165, 1.54) is 122 Å². The van der Waals surface area contributed by atoms with Crippen LogP contribution in [0.3, 0.4) is 0 Å². The van der Waals surface area contributed by atoms with Crippen molar-refractivity contribution < 1.29 is 44.6 Å². The number of hydrogen-bond acceptors (Lipinski definition) is 3. The van der Waals surface area contributed by atoms with Gasteiger partial charge in [-0.25, -0.2) is 0 Å². The molecule has 3 nitrogen and oxygen atoms in total. The number of unbranched alkanes of at least 4 members (excludes halogenated alkanes) is 20. The fourth-order valence-corrected chi connectivity index (χ4v) is 4.00. The number of allylic oxidation sites excluding steroid dienone is 2. The molecule has 0 atom stereocenters. The van der Waals surface area contributed by atoms with Crippen molar-refractivity contribution in [2.75, 3.05) is 0 Å². The molecule has 0 spiro atoms. The van der Waals surface area contributed by atoms with Gasteiger partial charge in [0, 0.05) is 12.4 Å². The average molecular weight is 447 g/mol. The van der Waals surface area contributed by atoms with Crippen LogP contribution in [0.1, 0.15) is 155 Å². The number of carbonyl (C=O) groups is 1. The van der Waals surface area contributed by atoms with E-state index in [2.05, 4.69) is 6.92 Å². The van der Waals surface area contributed by atoms with Crippen molar-refractivity contribution >= 4 is 5.97 Å². The standard InChI is InChI=1S/C27H52O3.Na/c1-2-3-4-5-6-7-8-9-10-11-12-13-14-15-16-17-18-19-20-21-22-23-26(28)24-25-27(29)30;/h23,28H,2-22,24-25H2,1H3,(H,29,30);/q;+1/p-1. The quantitative estimate of drug-likeness (QED) is 0.126. The summed E-state index contributed by atoms with van der Waals surface area (Å²) in [7, 11) is 0. The summed E-state index contributed by atoms with van der Waals surface area (Å²) in [5, 5.41) is 19.8. The first-order chi connectivity index (χ1) is 14.7. The van der Waals surface area contributed by atoms with Gasteiger partial charge in [0.05, 0.1) is 5.76 Å². The summed E-state index contributed by atoms with van der Waals surface area (Å²) in [6, 6.07) is 0. The van der Waals surface area contributed by atoms with E-state index >= 15 is 0 Å². The Labute approximate surface area is 216 Å². The van der Waals surface area contributed by atoms with E-state index in [1.807, 2.05) is 0 Å². The Morgan fingerprint density at radius 3 is 1.26 bits per heavy atom. The first-order valence-electron chi connectivity index (χ1n) is 13.2. The summed E-state index contributed by atoms with van der Waals surface area (Å²) < 4.78 is 0. The van der Waals surface area contributed by atoms with Crippen molar-refractivity contribution in [2.45, 2.75) is 155 Å². The molecule has 0 aliphatic rings. The van der Waals surface area contributed by atoms with Crippen LogP contribution in [-0.2, 0) is 4.79 Å². The van der Waals surface area contributed by atoms with Gasteiger partial charge < -0.3 is 15.0 Å². The molecule has 31 heavy (non-hydrogen) atoms. The van der Waals surface area contributed by atoms with Gasteiger partial charge in [-0.3, -0.25) is 0 Å². The van der Waals surface area contributed by atoms with Crippen molar-refractivity contribution in [3.63, 3.8) is 0 Å². The van der Waals surface area contributed by atoms with Crippen LogP contribution in [0.2, 0.25) is 0 Å². The van der Waals surface area contributed by atoms with Crippen molar-refractivity contribution in [1.82, 2.24) is 0 Å². The first kappa shape index (κ1) is 33.2.